The summed E-state index contributed by atoms with van der Waals surface area (Å²) in [7, 11) is 0. The first-order chi connectivity index (χ1) is 18.5. The predicted molar refractivity (Wildman–Crippen MR) is 134 cm³/mol. The van der Waals surface area contributed by atoms with Gasteiger partial charge in [-0.25, -0.2) is 4.79 Å². The molecule has 0 aliphatic carbocycles. The van der Waals surface area contributed by atoms with E-state index >= 15 is 0 Å². The fourth-order valence-electron chi connectivity index (χ4n) is 4.05. The van der Waals surface area contributed by atoms with E-state index in [1.165, 1.54) is 25.1 Å². The fourth-order valence-corrected chi connectivity index (χ4v) is 4.27. The number of aliphatic hydroxyl groups excluding tert-OH is 1. The number of carbonyl (C=O) groups excluding carboxylic acids is 2. The lowest BCUT2D eigenvalue weighted by atomic mass is 9.91. The molecule has 1 aliphatic rings. The van der Waals surface area contributed by atoms with E-state index in [4.69, 9.17) is 11.6 Å². The minimum Gasteiger partial charge on any atom is -0.392 e. The summed E-state index contributed by atoms with van der Waals surface area (Å²) in [6.07, 6.45) is -12.6. The molecular formula is C25H27ClF6N4O4. The van der Waals surface area contributed by atoms with E-state index in [9.17, 15) is 46.1 Å². The van der Waals surface area contributed by atoms with Crippen LogP contribution in [0, 0.1) is 0 Å². The summed E-state index contributed by atoms with van der Waals surface area (Å²) < 4.78 is 78.5. The third-order valence-electron chi connectivity index (χ3n) is 6.28. The number of benzene rings is 2. The first-order valence-corrected chi connectivity index (χ1v) is 12.4. The second-order valence-electron chi connectivity index (χ2n) is 9.35. The summed E-state index contributed by atoms with van der Waals surface area (Å²) in [6, 6.07) is 7.19. The number of halogens is 7. The molecule has 1 fully saturated rings. The summed E-state index contributed by atoms with van der Waals surface area (Å²) in [6.45, 7) is 3.14. The van der Waals surface area contributed by atoms with Crippen LogP contribution in [0.5, 0.6) is 0 Å². The Morgan fingerprint density at radius 2 is 1.55 bits per heavy atom. The molecule has 8 nitrogen and oxygen atoms in total. The Hall–Kier alpha value is -3.07. The number of hydrogen-bond donors (Lipinski definition) is 4. The Morgan fingerprint density at radius 1 is 0.975 bits per heavy atom. The number of aliphatic hydroxyl groups is 2. The molecule has 1 saturated heterocycles. The number of anilines is 1. The van der Waals surface area contributed by atoms with Crippen LogP contribution >= 0.6 is 11.6 Å². The summed E-state index contributed by atoms with van der Waals surface area (Å²) in [5.41, 5.74) is -5.33. The van der Waals surface area contributed by atoms with Gasteiger partial charge in [0.15, 0.2) is 0 Å². The molecule has 2 aromatic rings. The Bertz CT molecular complexity index is 1190. The smallest absolute Gasteiger partial charge is 0.392 e. The van der Waals surface area contributed by atoms with Gasteiger partial charge in [0.2, 0.25) is 0 Å². The molecule has 3 rings (SSSR count). The normalized spacial score (nSPS) is 16.0. The van der Waals surface area contributed by atoms with Crippen molar-refractivity contribution in [2.45, 2.75) is 37.5 Å². The van der Waals surface area contributed by atoms with Crippen molar-refractivity contribution < 1.29 is 46.1 Å². The summed E-state index contributed by atoms with van der Waals surface area (Å²) in [5, 5.41) is 23.8. The molecule has 0 spiro atoms. The maximum absolute atomic E-state index is 13.1. The second kappa shape index (κ2) is 12.2. The van der Waals surface area contributed by atoms with Crippen LogP contribution in [0.1, 0.15) is 28.4 Å². The lowest BCUT2D eigenvalue weighted by Gasteiger charge is -2.35. The van der Waals surface area contributed by atoms with E-state index < -0.39 is 35.7 Å². The Labute approximate surface area is 230 Å². The first-order valence-electron chi connectivity index (χ1n) is 12.0. The molecule has 4 N–H and O–H groups in total. The molecular weight excluding hydrogens is 570 g/mol. The molecule has 0 unspecified atom stereocenters. The number of amides is 3. The topological polar surface area (TPSA) is 105 Å². The van der Waals surface area contributed by atoms with Gasteiger partial charge < -0.3 is 25.7 Å². The molecule has 2 aromatic carbocycles. The summed E-state index contributed by atoms with van der Waals surface area (Å²) >= 11 is 6.21. The minimum absolute atomic E-state index is 0.0385. The van der Waals surface area contributed by atoms with Crippen LogP contribution in [-0.2, 0) is 12.1 Å². The standard InChI is InChI=1S/C25H27ClF6N4O4/c1-15(37)13-33-22(39)34-20-7-4-17(12-19(20)26)21(38)36-10-8-35(9-11-36)14-16-2-5-18(6-3-16)23(40,24(27,28)29)25(30,31)32/h2-7,12,15,37,40H,8-11,13-14H2,1H3,(H2,33,34,39)/t15-/m1/s1. The van der Waals surface area contributed by atoms with E-state index in [0.717, 1.165) is 12.1 Å². The molecule has 1 heterocycles. The van der Waals surface area contributed by atoms with Gasteiger partial charge >= 0.3 is 18.4 Å². The Balaban J connectivity index is 1.57. The number of piperazine rings is 1. The molecule has 0 aromatic heterocycles. The molecule has 40 heavy (non-hydrogen) atoms. The SMILES string of the molecule is C[C@@H](O)CNC(=O)Nc1ccc(C(=O)N2CCN(Cc3ccc(C(O)(C(F)(F)F)C(F)(F)F)cc3)CC2)cc1Cl. The minimum atomic E-state index is -5.95. The van der Waals surface area contributed by atoms with Crippen molar-refractivity contribution >= 4 is 29.2 Å². The highest BCUT2D eigenvalue weighted by atomic mass is 35.5. The molecule has 1 atom stereocenters. The van der Waals surface area contributed by atoms with Gasteiger partial charge in [-0.05, 0) is 30.7 Å². The van der Waals surface area contributed by atoms with Crippen LogP contribution in [-0.4, -0.2) is 83.1 Å². The van der Waals surface area contributed by atoms with E-state index in [2.05, 4.69) is 10.6 Å². The zero-order valence-electron chi connectivity index (χ0n) is 21.1. The van der Waals surface area contributed by atoms with Crippen molar-refractivity contribution in [3.8, 4) is 0 Å². The average molecular weight is 597 g/mol. The molecule has 3 amide bonds. The fraction of sp³-hybridized carbons (Fsp3) is 0.440. The van der Waals surface area contributed by atoms with Crippen molar-refractivity contribution in [1.82, 2.24) is 15.1 Å². The molecule has 0 radical (unpaired) electrons. The zero-order valence-corrected chi connectivity index (χ0v) is 21.9. The molecule has 220 valence electrons. The van der Waals surface area contributed by atoms with Gasteiger partial charge in [0.05, 0.1) is 16.8 Å². The predicted octanol–water partition coefficient (Wildman–Crippen LogP) is 4.11. The van der Waals surface area contributed by atoms with E-state index in [1.54, 1.807) is 4.90 Å². The maximum atomic E-state index is 13.1. The van der Waals surface area contributed by atoms with Gasteiger partial charge in [0.25, 0.3) is 11.5 Å². The number of rotatable bonds is 7. The largest absolute Gasteiger partial charge is 0.430 e. The third-order valence-corrected chi connectivity index (χ3v) is 6.59. The van der Waals surface area contributed by atoms with E-state index in [-0.39, 0.29) is 35.3 Å². The van der Waals surface area contributed by atoms with Gasteiger partial charge in [-0.15, -0.1) is 0 Å². The molecule has 1 aliphatic heterocycles. The average Bonchev–Trinajstić information content (AvgIpc) is 2.87. The number of nitrogens with zero attached hydrogens (tertiary/aromatic N) is 2. The highest BCUT2D eigenvalue weighted by Crippen LogP contribution is 2.50. The quantitative estimate of drug-likeness (QED) is 0.360. The van der Waals surface area contributed by atoms with Gasteiger partial charge in [0, 0.05) is 50.4 Å². The lowest BCUT2D eigenvalue weighted by Crippen LogP contribution is -2.53. The van der Waals surface area contributed by atoms with Crippen LogP contribution in [0.3, 0.4) is 0 Å². The van der Waals surface area contributed by atoms with Crippen molar-refractivity contribution in [2.24, 2.45) is 0 Å². The van der Waals surface area contributed by atoms with Crippen LogP contribution in [0.15, 0.2) is 42.5 Å². The second-order valence-corrected chi connectivity index (χ2v) is 9.76. The molecule has 0 bridgehead atoms. The molecule has 0 saturated carbocycles. The number of hydrogen-bond acceptors (Lipinski definition) is 5. The highest BCUT2D eigenvalue weighted by Gasteiger charge is 2.71. The monoisotopic (exact) mass is 596 g/mol. The summed E-state index contributed by atoms with van der Waals surface area (Å²) in [4.78, 5) is 28.2. The maximum Gasteiger partial charge on any atom is 0.430 e. The lowest BCUT2D eigenvalue weighted by molar-refractivity contribution is -0.376. The van der Waals surface area contributed by atoms with Crippen LogP contribution in [0.4, 0.5) is 36.8 Å². The van der Waals surface area contributed by atoms with Crippen molar-refractivity contribution in [3.05, 3.63) is 64.2 Å². The van der Waals surface area contributed by atoms with Crippen molar-refractivity contribution in [1.29, 1.82) is 0 Å². The van der Waals surface area contributed by atoms with E-state index in [0.29, 0.717) is 43.9 Å². The van der Waals surface area contributed by atoms with Crippen molar-refractivity contribution in [3.63, 3.8) is 0 Å². The Morgan fingerprint density at radius 3 is 2.05 bits per heavy atom. The van der Waals surface area contributed by atoms with Gasteiger partial charge in [-0.1, -0.05) is 35.9 Å². The number of urea groups is 1. The van der Waals surface area contributed by atoms with Crippen LogP contribution in [0.25, 0.3) is 0 Å². The third kappa shape index (κ3) is 7.16. The van der Waals surface area contributed by atoms with Crippen LogP contribution < -0.4 is 10.6 Å². The Kier molecular flexibility index (Phi) is 9.60. The number of alkyl halides is 6. The number of nitrogens with one attached hydrogen (secondary N) is 2. The highest BCUT2D eigenvalue weighted by molar-refractivity contribution is 6.34. The molecule has 15 heteroatoms. The van der Waals surface area contributed by atoms with Gasteiger partial charge in [0.1, 0.15) is 0 Å². The van der Waals surface area contributed by atoms with Gasteiger partial charge in [-0.2, -0.15) is 26.3 Å². The van der Waals surface area contributed by atoms with Crippen molar-refractivity contribution in [2.75, 3.05) is 38.0 Å². The summed E-state index contributed by atoms with van der Waals surface area (Å²) in [5.74, 6) is -0.311. The van der Waals surface area contributed by atoms with Gasteiger partial charge in [-0.3, -0.25) is 9.69 Å². The number of carbonyl (C=O) groups is 2. The van der Waals surface area contributed by atoms with Crippen LogP contribution in [0.2, 0.25) is 5.02 Å². The first kappa shape index (κ1) is 31.5. The zero-order chi connectivity index (χ0) is 29.9. The van der Waals surface area contributed by atoms with E-state index in [1.807, 2.05) is 4.90 Å².